The second-order valence-corrected chi connectivity index (χ2v) is 8.55. The molecule has 1 N–H and O–H groups in total. The van der Waals surface area contributed by atoms with E-state index in [1.165, 1.54) is 12.1 Å². The molecule has 3 aromatic rings. The Morgan fingerprint density at radius 3 is 2.76 bits per heavy atom. The highest BCUT2D eigenvalue weighted by molar-refractivity contribution is 6.30. The van der Waals surface area contributed by atoms with Crippen molar-refractivity contribution in [2.75, 3.05) is 11.9 Å². The molecule has 0 radical (unpaired) electrons. The summed E-state index contributed by atoms with van der Waals surface area (Å²) in [6.45, 7) is -0.0590. The van der Waals surface area contributed by atoms with E-state index < -0.39 is 5.82 Å². The first-order chi connectivity index (χ1) is 13.9. The molecule has 0 saturated heterocycles. The van der Waals surface area contributed by atoms with Gasteiger partial charge in [0.1, 0.15) is 23.7 Å². The van der Waals surface area contributed by atoms with Gasteiger partial charge in [0.05, 0.1) is 16.9 Å². The summed E-state index contributed by atoms with van der Waals surface area (Å²) in [7, 11) is 0. The Hall–Kier alpha value is -2.80. The largest absolute Gasteiger partial charge is 0.486 e. The molecule has 0 unspecified atom stereocenters. The second-order valence-electron chi connectivity index (χ2n) is 8.14. The Labute approximate surface area is 171 Å². The maximum absolute atomic E-state index is 13.4. The van der Waals surface area contributed by atoms with Gasteiger partial charge in [-0.25, -0.2) is 14.4 Å². The van der Waals surface area contributed by atoms with Gasteiger partial charge in [-0.2, -0.15) is 0 Å². The van der Waals surface area contributed by atoms with Gasteiger partial charge in [0.2, 0.25) is 0 Å². The van der Waals surface area contributed by atoms with Crippen LogP contribution in [0, 0.1) is 11.2 Å². The zero-order valence-electron chi connectivity index (χ0n) is 15.5. The maximum atomic E-state index is 13.4. The van der Waals surface area contributed by atoms with E-state index in [1.807, 2.05) is 6.07 Å². The smallest absolute Gasteiger partial charge is 0.178 e. The van der Waals surface area contributed by atoms with Crippen LogP contribution in [0.3, 0.4) is 0 Å². The van der Waals surface area contributed by atoms with Gasteiger partial charge in [0.25, 0.3) is 0 Å². The number of carbonyl (C=O) groups excluding carboxylic acids is 1. The van der Waals surface area contributed by atoms with Crippen molar-refractivity contribution >= 4 is 34.2 Å². The third-order valence-corrected chi connectivity index (χ3v) is 6.04. The predicted octanol–water partition coefficient (Wildman–Crippen LogP) is 4.19. The lowest BCUT2D eigenvalue weighted by atomic mass is 9.38. The van der Waals surface area contributed by atoms with Gasteiger partial charge in [0, 0.05) is 30.4 Å². The molecule has 6 rings (SSSR count). The standard InChI is InChI=1S/C21H18ClFN4O2/c22-16-2-1-15(6-17(16)23)29-9-14(28)7-20-10-21(11-20,12-20)27-13-5-18-19(26-8-13)25-4-3-24-18/h1-6,8,27H,7,9-12H2. The Morgan fingerprint density at radius 2 is 1.97 bits per heavy atom. The third-order valence-electron chi connectivity index (χ3n) is 5.74. The number of fused-ring (bicyclic) bond motifs is 1. The van der Waals surface area contributed by atoms with Crippen LogP contribution in [0.25, 0.3) is 11.2 Å². The van der Waals surface area contributed by atoms with Crippen LogP contribution in [0.1, 0.15) is 25.7 Å². The SMILES string of the molecule is O=C(COc1ccc(Cl)c(F)c1)CC12CC(Nc3cnc4nccnc4c3)(C1)C2. The number of ketones is 1. The number of anilines is 1. The summed E-state index contributed by atoms with van der Waals surface area (Å²) in [5, 5.41) is 3.58. The third kappa shape index (κ3) is 3.40. The molecule has 6 nitrogen and oxygen atoms in total. The summed E-state index contributed by atoms with van der Waals surface area (Å²) in [6, 6.07) is 6.12. The van der Waals surface area contributed by atoms with Gasteiger partial charge in [-0.3, -0.25) is 9.78 Å². The lowest BCUT2D eigenvalue weighted by Gasteiger charge is -2.71. The number of ether oxygens (including phenoxy) is 1. The molecule has 2 heterocycles. The van der Waals surface area contributed by atoms with E-state index in [0.717, 1.165) is 30.5 Å². The van der Waals surface area contributed by atoms with Gasteiger partial charge in [-0.05, 0) is 42.9 Å². The normalized spacial score (nSPS) is 24.5. The molecule has 3 saturated carbocycles. The number of nitrogens with one attached hydrogen (secondary N) is 1. The maximum Gasteiger partial charge on any atom is 0.178 e. The Morgan fingerprint density at radius 1 is 1.17 bits per heavy atom. The van der Waals surface area contributed by atoms with Crippen molar-refractivity contribution in [1.29, 1.82) is 0 Å². The van der Waals surface area contributed by atoms with Gasteiger partial charge in [-0.15, -0.1) is 0 Å². The molecule has 0 amide bonds. The minimum atomic E-state index is -0.557. The molecule has 3 aliphatic rings. The topological polar surface area (TPSA) is 77.0 Å². The highest BCUT2D eigenvalue weighted by Crippen LogP contribution is 2.70. The van der Waals surface area contributed by atoms with E-state index in [0.29, 0.717) is 17.8 Å². The van der Waals surface area contributed by atoms with Crippen LogP contribution in [0.15, 0.2) is 42.9 Å². The average Bonchev–Trinajstić information content (AvgIpc) is 2.66. The summed E-state index contributed by atoms with van der Waals surface area (Å²) in [5.41, 5.74) is 2.40. The Balaban J connectivity index is 1.13. The molecule has 8 heteroatoms. The minimum Gasteiger partial charge on any atom is -0.486 e. The first-order valence-electron chi connectivity index (χ1n) is 9.39. The number of halogens is 2. The van der Waals surface area contributed by atoms with Crippen LogP contribution in [0.2, 0.25) is 5.02 Å². The first kappa shape index (κ1) is 18.2. The average molecular weight is 413 g/mol. The van der Waals surface area contributed by atoms with Gasteiger partial charge in [0.15, 0.2) is 11.4 Å². The lowest BCUT2D eigenvalue weighted by molar-refractivity contribution is -0.147. The first-order valence-corrected chi connectivity index (χ1v) is 9.77. The molecule has 0 atom stereocenters. The van der Waals surface area contributed by atoms with E-state index in [4.69, 9.17) is 16.3 Å². The van der Waals surface area contributed by atoms with Crippen molar-refractivity contribution in [3.63, 3.8) is 0 Å². The summed E-state index contributed by atoms with van der Waals surface area (Å²) >= 11 is 5.65. The summed E-state index contributed by atoms with van der Waals surface area (Å²) in [5.74, 6) is -0.225. The van der Waals surface area contributed by atoms with Crippen molar-refractivity contribution in [2.24, 2.45) is 5.41 Å². The molecule has 1 aromatic carbocycles. The van der Waals surface area contributed by atoms with Crippen molar-refractivity contribution in [3.05, 3.63) is 53.7 Å². The summed E-state index contributed by atoms with van der Waals surface area (Å²) in [6.07, 6.45) is 8.36. The Kier molecular flexibility index (Phi) is 4.17. The predicted molar refractivity (Wildman–Crippen MR) is 106 cm³/mol. The number of Topliss-reactive ketones (excluding diaryl/α,β-unsaturated/α-hetero) is 1. The molecular formula is C21H18ClFN4O2. The van der Waals surface area contributed by atoms with Gasteiger partial charge < -0.3 is 10.1 Å². The Bertz CT molecular complexity index is 1100. The molecule has 29 heavy (non-hydrogen) atoms. The van der Waals surface area contributed by atoms with E-state index in [2.05, 4.69) is 20.3 Å². The number of aromatic nitrogens is 3. The fraction of sp³-hybridized carbons (Fsp3) is 0.333. The van der Waals surface area contributed by atoms with Crippen LogP contribution < -0.4 is 10.1 Å². The van der Waals surface area contributed by atoms with Crippen molar-refractivity contribution in [1.82, 2.24) is 15.0 Å². The van der Waals surface area contributed by atoms with Crippen molar-refractivity contribution < 1.29 is 13.9 Å². The molecule has 3 fully saturated rings. The van der Waals surface area contributed by atoms with E-state index in [1.54, 1.807) is 24.7 Å². The van der Waals surface area contributed by atoms with Crippen LogP contribution in [0.4, 0.5) is 10.1 Å². The molecule has 3 aliphatic carbocycles. The van der Waals surface area contributed by atoms with E-state index in [9.17, 15) is 9.18 Å². The van der Waals surface area contributed by atoms with Gasteiger partial charge in [-0.1, -0.05) is 11.6 Å². The molecule has 0 aliphatic heterocycles. The number of pyridine rings is 1. The summed E-state index contributed by atoms with van der Waals surface area (Å²) in [4.78, 5) is 25.1. The number of hydrogen-bond acceptors (Lipinski definition) is 6. The monoisotopic (exact) mass is 412 g/mol. The fourth-order valence-corrected chi connectivity index (χ4v) is 4.87. The quantitative estimate of drug-likeness (QED) is 0.627. The van der Waals surface area contributed by atoms with Crippen LogP contribution in [-0.2, 0) is 4.79 Å². The number of nitrogens with zero attached hydrogens (tertiary/aromatic N) is 3. The van der Waals surface area contributed by atoms with Crippen LogP contribution in [-0.4, -0.2) is 32.9 Å². The molecule has 0 spiro atoms. The van der Waals surface area contributed by atoms with Crippen LogP contribution in [0.5, 0.6) is 5.75 Å². The van der Waals surface area contributed by atoms with E-state index in [-0.39, 0.29) is 28.4 Å². The van der Waals surface area contributed by atoms with Gasteiger partial charge >= 0.3 is 0 Å². The van der Waals surface area contributed by atoms with Crippen molar-refractivity contribution in [3.8, 4) is 5.75 Å². The number of carbonyl (C=O) groups is 1. The minimum absolute atomic E-state index is 0.0244. The lowest BCUT2D eigenvalue weighted by Crippen LogP contribution is -2.71. The van der Waals surface area contributed by atoms with Crippen LogP contribution >= 0.6 is 11.6 Å². The highest BCUT2D eigenvalue weighted by Gasteiger charge is 2.68. The number of benzene rings is 1. The molecule has 2 aromatic heterocycles. The zero-order valence-corrected chi connectivity index (χ0v) is 16.2. The number of hydrogen-bond donors (Lipinski definition) is 1. The highest BCUT2D eigenvalue weighted by atomic mass is 35.5. The summed E-state index contributed by atoms with van der Waals surface area (Å²) < 4.78 is 18.8. The molecular weight excluding hydrogens is 395 g/mol. The van der Waals surface area contributed by atoms with Crippen molar-refractivity contribution in [2.45, 2.75) is 31.2 Å². The van der Waals surface area contributed by atoms with E-state index >= 15 is 0 Å². The second kappa shape index (κ2) is 6.62. The molecule has 2 bridgehead atoms. The molecule has 148 valence electrons. The fourth-order valence-electron chi connectivity index (χ4n) is 4.75. The number of rotatable bonds is 7. The zero-order chi connectivity index (χ0) is 20.1.